The van der Waals surface area contributed by atoms with Crippen LogP contribution in [0.1, 0.15) is 31.7 Å². The molecular formula is C22H24ClN3O4. The van der Waals surface area contributed by atoms with Crippen molar-refractivity contribution in [1.82, 2.24) is 15.5 Å². The molecule has 1 heterocycles. The number of benzene rings is 2. The second-order valence-corrected chi connectivity index (χ2v) is 6.88. The number of carbonyl (C=O) groups is 1. The Labute approximate surface area is 180 Å². The molecule has 0 saturated carbocycles. The SMILES string of the molecule is CCOc1ccc(CCC(=O)NCc2nc(-c3ccc(Cl)cc3)no2)cc1OCC. The lowest BCUT2D eigenvalue weighted by molar-refractivity contribution is -0.121. The molecule has 30 heavy (non-hydrogen) atoms. The second-order valence-electron chi connectivity index (χ2n) is 6.44. The van der Waals surface area contributed by atoms with Gasteiger partial charge in [0.25, 0.3) is 0 Å². The maximum atomic E-state index is 12.2. The summed E-state index contributed by atoms with van der Waals surface area (Å²) in [6.07, 6.45) is 0.913. The van der Waals surface area contributed by atoms with Gasteiger partial charge in [0.1, 0.15) is 0 Å². The summed E-state index contributed by atoms with van der Waals surface area (Å²) >= 11 is 5.88. The first kappa shape index (κ1) is 21.6. The van der Waals surface area contributed by atoms with Gasteiger partial charge in [0, 0.05) is 17.0 Å². The van der Waals surface area contributed by atoms with Crippen LogP contribution in [-0.2, 0) is 17.8 Å². The Hall–Kier alpha value is -3.06. The van der Waals surface area contributed by atoms with Gasteiger partial charge in [0.15, 0.2) is 11.5 Å². The lowest BCUT2D eigenvalue weighted by Crippen LogP contribution is -2.23. The number of amides is 1. The van der Waals surface area contributed by atoms with Crippen LogP contribution in [0.4, 0.5) is 0 Å². The van der Waals surface area contributed by atoms with E-state index in [0.29, 0.717) is 54.3 Å². The lowest BCUT2D eigenvalue weighted by atomic mass is 10.1. The molecule has 0 saturated heterocycles. The molecule has 0 unspecified atom stereocenters. The van der Waals surface area contributed by atoms with E-state index in [9.17, 15) is 4.79 Å². The zero-order valence-electron chi connectivity index (χ0n) is 17.0. The van der Waals surface area contributed by atoms with Gasteiger partial charge in [-0.15, -0.1) is 0 Å². The molecule has 158 valence electrons. The van der Waals surface area contributed by atoms with Crippen molar-refractivity contribution in [3.8, 4) is 22.9 Å². The van der Waals surface area contributed by atoms with E-state index in [1.807, 2.05) is 44.2 Å². The normalized spacial score (nSPS) is 10.6. The molecule has 0 aliphatic heterocycles. The first-order valence-corrected chi connectivity index (χ1v) is 10.2. The number of aryl methyl sites for hydroxylation is 1. The highest BCUT2D eigenvalue weighted by molar-refractivity contribution is 6.30. The van der Waals surface area contributed by atoms with E-state index >= 15 is 0 Å². The monoisotopic (exact) mass is 429 g/mol. The van der Waals surface area contributed by atoms with Gasteiger partial charge >= 0.3 is 0 Å². The van der Waals surface area contributed by atoms with Crippen LogP contribution < -0.4 is 14.8 Å². The summed E-state index contributed by atoms with van der Waals surface area (Å²) in [4.78, 5) is 16.5. The second kappa shape index (κ2) is 10.6. The zero-order valence-corrected chi connectivity index (χ0v) is 17.7. The Morgan fingerprint density at radius 2 is 1.80 bits per heavy atom. The van der Waals surface area contributed by atoms with Crippen molar-refractivity contribution >= 4 is 17.5 Å². The molecule has 0 aliphatic carbocycles. The molecule has 0 bridgehead atoms. The maximum absolute atomic E-state index is 12.2. The lowest BCUT2D eigenvalue weighted by Gasteiger charge is -2.12. The third-order valence-electron chi connectivity index (χ3n) is 4.26. The Bertz CT molecular complexity index is 973. The number of halogens is 1. The van der Waals surface area contributed by atoms with Crippen LogP contribution >= 0.6 is 11.6 Å². The average molecular weight is 430 g/mol. The van der Waals surface area contributed by atoms with Crippen LogP contribution in [-0.4, -0.2) is 29.3 Å². The van der Waals surface area contributed by atoms with Crippen LogP contribution in [0.15, 0.2) is 47.0 Å². The fourth-order valence-electron chi connectivity index (χ4n) is 2.81. The molecule has 2 aromatic carbocycles. The molecule has 8 heteroatoms. The van der Waals surface area contributed by atoms with Gasteiger partial charge in [-0.05, 0) is 62.2 Å². The zero-order chi connectivity index (χ0) is 21.3. The predicted molar refractivity (Wildman–Crippen MR) is 114 cm³/mol. The molecule has 0 aliphatic rings. The summed E-state index contributed by atoms with van der Waals surface area (Å²) in [7, 11) is 0. The van der Waals surface area contributed by atoms with Gasteiger partial charge in [-0.3, -0.25) is 4.79 Å². The molecule has 7 nitrogen and oxygen atoms in total. The smallest absolute Gasteiger partial charge is 0.246 e. The number of hydrogen-bond donors (Lipinski definition) is 1. The molecule has 1 N–H and O–H groups in total. The van der Waals surface area contributed by atoms with E-state index in [1.54, 1.807) is 12.1 Å². The average Bonchev–Trinajstić information content (AvgIpc) is 3.22. The van der Waals surface area contributed by atoms with Crippen LogP contribution in [0.2, 0.25) is 5.02 Å². The van der Waals surface area contributed by atoms with E-state index in [2.05, 4.69) is 15.5 Å². The Morgan fingerprint density at radius 1 is 1.07 bits per heavy atom. The van der Waals surface area contributed by atoms with Gasteiger partial charge < -0.3 is 19.3 Å². The van der Waals surface area contributed by atoms with Crippen molar-refractivity contribution < 1.29 is 18.8 Å². The Balaban J connectivity index is 1.50. The van der Waals surface area contributed by atoms with Crippen LogP contribution in [0.3, 0.4) is 0 Å². The summed E-state index contributed by atoms with van der Waals surface area (Å²) in [6, 6.07) is 12.9. The van der Waals surface area contributed by atoms with Gasteiger partial charge in [0.05, 0.1) is 19.8 Å². The predicted octanol–water partition coefficient (Wildman–Crippen LogP) is 4.44. The van der Waals surface area contributed by atoms with Gasteiger partial charge in [-0.25, -0.2) is 0 Å². The molecule has 0 radical (unpaired) electrons. The van der Waals surface area contributed by atoms with E-state index in [1.165, 1.54) is 0 Å². The number of aromatic nitrogens is 2. The third-order valence-corrected chi connectivity index (χ3v) is 4.51. The summed E-state index contributed by atoms with van der Waals surface area (Å²) < 4.78 is 16.4. The maximum Gasteiger partial charge on any atom is 0.246 e. The van der Waals surface area contributed by atoms with E-state index in [0.717, 1.165) is 11.1 Å². The summed E-state index contributed by atoms with van der Waals surface area (Å²) in [5.74, 6) is 2.09. The highest BCUT2D eigenvalue weighted by Gasteiger charge is 2.11. The van der Waals surface area contributed by atoms with Crippen LogP contribution in [0.5, 0.6) is 11.5 Å². The Kier molecular flexibility index (Phi) is 7.68. The van der Waals surface area contributed by atoms with E-state index in [-0.39, 0.29) is 12.5 Å². The first-order chi connectivity index (χ1) is 14.6. The number of ether oxygens (including phenoxy) is 2. The van der Waals surface area contributed by atoms with Gasteiger partial charge in [-0.1, -0.05) is 22.8 Å². The summed E-state index contributed by atoms with van der Waals surface area (Å²) in [5.41, 5.74) is 1.79. The van der Waals surface area contributed by atoms with Crippen LogP contribution in [0, 0.1) is 0 Å². The largest absolute Gasteiger partial charge is 0.490 e. The number of nitrogens with zero attached hydrogens (tertiary/aromatic N) is 2. The number of carbonyl (C=O) groups excluding carboxylic acids is 1. The minimum atomic E-state index is -0.104. The first-order valence-electron chi connectivity index (χ1n) is 9.82. The van der Waals surface area contributed by atoms with Crippen molar-refractivity contribution in [3.05, 3.63) is 58.9 Å². The van der Waals surface area contributed by atoms with E-state index < -0.39 is 0 Å². The number of hydrogen-bond acceptors (Lipinski definition) is 6. The minimum absolute atomic E-state index is 0.104. The molecule has 0 spiro atoms. The van der Waals surface area contributed by atoms with Crippen LogP contribution in [0.25, 0.3) is 11.4 Å². The minimum Gasteiger partial charge on any atom is -0.490 e. The molecular weight excluding hydrogens is 406 g/mol. The third kappa shape index (κ3) is 5.97. The fraction of sp³-hybridized carbons (Fsp3) is 0.318. The van der Waals surface area contributed by atoms with Crippen molar-refractivity contribution in [1.29, 1.82) is 0 Å². The molecule has 0 fully saturated rings. The Morgan fingerprint density at radius 3 is 2.53 bits per heavy atom. The van der Waals surface area contributed by atoms with E-state index in [4.69, 9.17) is 25.6 Å². The molecule has 3 aromatic rings. The standard InChI is InChI=1S/C22H24ClN3O4/c1-3-28-18-11-5-15(13-19(18)29-4-2)6-12-20(27)24-14-21-25-22(26-30-21)16-7-9-17(23)10-8-16/h5,7-11,13H,3-4,6,12,14H2,1-2H3,(H,24,27). The van der Waals surface area contributed by atoms with Crippen molar-refractivity contribution in [3.63, 3.8) is 0 Å². The quantitative estimate of drug-likeness (QED) is 0.512. The summed E-state index contributed by atoms with van der Waals surface area (Å²) in [5, 5.41) is 7.37. The number of rotatable bonds is 10. The molecule has 1 aromatic heterocycles. The number of nitrogens with one attached hydrogen (secondary N) is 1. The fourth-order valence-corrected chi connectivity index (χ4v) is 2.94. The highest BCUT2D eigenvalue weighted by atomic mass is 35.5. The molecule has 3 rings (SSSR count). The van der Waals surface area contributed by atoms with Crippen molar-refractivity contribution in [2.45, 2.75) is 33.2 Å². The van der Waals surface area contributed by atoms with Gasteiger partial charge in [-0.2, -0.15) is 4.98 Å². The summed E-state index contributed by atoms with van der Waals surface area (Å²) in [6.45, 7) is 5.14. The highest BCUT2D eigenvalue weighted by Crippen LogP contribution is 2.29. The van der Waals surface area contributed by atoms with Crippen molar-refractivity contribution in [2.75, 3.05) is 13.2 Å². The molecule has 0 atom stereocenters. The molecule has 1 amide bonds. The topological polar surface area (TPSA) is 86.5 Å². The van der Waals surface area contributed by atoms with Gasteiger partial charge in [0.2, 0.25) is 17.6 Å². The van der Waals surface area contributed by atoms with Crippen molar-refractivity contribution in [2.24, 2.45) is 0 Å².